The van der Waals surface area contributed by atoms with Crippen molar-refractivity contribution < 1.29 is 9.59 Å². The summed E-state index contributed by atoms with van der Waals surface area (Å²) in [4.78, 5) is 20.6. The van der Waals surface area contributed by atoms with Crippen molar-refractivity contribution in [1.29, 1.82) is 0 Å². The molecular weight excluding hydrogens is 140 g/mol. The van der Waals surface area contributed by atoms with Crippen LogP contribution in [0.15, 0.2) is 12.2 Å². The first kappa shape index (κ1) is 10.1. The van der Waals surface area contributed by atoms with Crippen LogP contribution in [0.25, 0.3) is 0 Å². The van der Waals surface area contributed by atoms with Crippen LogP contribution in [-0.2, 0) is 9.59 Å². The summed E-state index contributed by atoms with van der Waals surface area (Å²) < 4.78 is 0. The Hall–Kier alpha value is -0.920. The van der Waals surface area contributed by atoms with E-state index in [0.29, 0.717) is 12.7 Å². The minimum Gasteiger partial charge on any atom is -0.303 e. The summed E-state index contributed by atoms with van der Waals surface area (Å²) in [5, 5.41) is 0. The Morgan fingerprint density at radius 1 is 1.45 bits per heavy atom. The standard InChI is InChI=1S/C9H14O2/c1-2-3-4-5-6-9(11)7-8-10/h2-3,8H,4-7H2,1H3. The molecule has 2 heteroatoms. The van der Waals surface area contributed by atoms with Crippen LogP contribution in [0.1, 0.15) is 32.6 Å². The minimum absolute atomic E-state index is 0.0458. The van der Waals surface area contributed by atoms with E-state index in [2.05, 4.69) is 0 Å². The van der Waals surface area contributed by atoms with Gasteiger partial charge in [-0.3, -0.25) is 4.79 Å². The molecule has 0 heterocycles. The summed E-state index contributed by atoms with van der Waals surface area (Å²) >= 11 is 0. The molecule has 0 atom stereocenters. The lowest BCUT2D eigenvalue weighted by Gasteiger charge is -1.92. The Bertz CT molecular complexity index is 148. The molecule has 0 aliphatic rings. The number of allylic oxidation sites excluding steroid dienone is 2. The molecule has 0 fully saturated rings. The largest absolute Gasteiger partial charge is 0.303 e. The van der Waals surface area contributed by atoms with E-state index in [0.717, 1.165) is 12.8 Å². The lowest BCUT2D eigenvalue weighted by molar-refractivity contribution is -0.122. The molecule has 0 aromatic heterocycles. The van der Waals surface area contributed by atoms with E-state index in [1.807, 2.05) is 19.1 Å². The van der Waals surface area contributed by atoms with Crippen LogP contribution in [0.5, 0.6) is 0 Å². The predicted molar refractivity (Wildman–Crippen MR) is 44.4 cm³/mol. The van der Waals surface area contributed by atoms with Gasteiger partial charge in [-0.1, -0.05) is 12.2 Å². The fourth-order valence-electron chi connectivity index (χ4n) is 0.779. The molecule has 0 aliphatic carbocycles. The van der Waals surface area contributed by atoms with Gasteiger partial charge in [0, 0.05) is 6.42 Å². The number of ketones is 1. The van der Waals surface area contributed by atoms with Gasteiger partial charge in [0.25, 0.3) is 0 Å². The first-order chi connectivity index (χ1) is 5.31. The number of hydrogen-bond acceptors (Lipinski definition) is 2. The highest BCUT2D eigenvalue weighted by Crippen LogP contribution is 1.98. The third-order valence-electron chi connectivity index (χ3n) is 1.37. The Balaban J connectivity index is 3.23. The van der Waals surface area contributed by atoms with E-state index in [1.165, 1.54) is 0 Å². The molecule has 0 N–H and O–H groups in total. The molecule has 0 unspecified atom stereocenters. The second kappa shape index (κ2) is 7.19. The van der Waals surface area contributed by atoms with E-state index in [9.17, 15) is 9.59 Å². The molecule has 0 rings (SSSR count). The van der Waals surface area contributed by atoms with E-state index < -0.39 is 0 Å². The number of carbonyl (C=O) groups is 2. The summed E-state index contributed by atoms with van der Waals surface area (Å²) in [5.74, 6) is 0.0458. The fourth-order valence-corrected chi connectivity index (χ4v) is 0.779. The number of carbonyl (C=O) groups excluding carboxylic acids is 2. The van der Waals surface area contributed by atoms with Crippen LogP contribution in [0.3, 0.4) is 0 Å². The Morgan fingerprint density at radius 3 is 2.73 bits per heavy atom. The Kier molecular flexibility index (Phi) is 6.59. The molecule has 0 saturated heterocycles. The summed E-state index contributed by atoms with van der Waals surface area (Å²) in [7, 11) is 0. The van der Waals surface area contributed by atoms with Gasteiger partial charge >= 0.3 is 0 Å². The van der Waals surface area contributed by atoms with Crippen molar-refractivity contribution in [2.75, 3.05) is 0 Å². The smallest absolute Gasteiger partial charge is 0.139 e. The van der Waals surface area contributed by atoms with Crippen molar-refractivity contribution in [1.82, 2.24) is 0 Å². The van der Waals surface area contributed by atoms with Gasteiger partial charge in [0.15, 0.2) is 0 Å². The average Bonchev–Trinajstić information content (AvgIpc) is 1.99. The third-order valence-corrected chi connectivity index (χ3v) is 1.37. The van der Waals surface area contributed by atoms with Crippen LogP contribution >= 0.6 is 0 Å². The zero-order valence-corrected chi connectivity index (χ0v) is 6.88. The number of aldehydes is 1. The van der Waals surface area contributed by atoms with Gasteiger partial charge in [-0.2, -0.15) is 0 Å². The lowest BCUT2D eigenvalue weighted by Crippen LogP contribution is -1.97. The summed E-state index contributed by atoms with van der Waals surface area (Å²) in [6, 6.07) is 0. The molecule has 0 aromatic carbocycles. The van der Waals surface area contributed by atoms with E-state index >= 15 is 0 Å². The van der Waals surface area contributed by atoms with Gasteiger partial charge in [0.2, 0.25) is 0 Å². The quantitative estimate of drug-likeness (QED) is 0.253. The van der Waals surface area contributed by atoms with Gasteiger partial charge in [-0.05, 0) is 19.8 Å². The molecule has 0 saturated carbocycles. The van der Waals surface area contributed by atoms with Gasteiger partial charge in [-0.15, -0.1) is 0 Å². The first-order valence-electron chi connectivity index (χ1n) is 3.87. The maximum Gasteiger partial charge on any atom is 0.139 e. The van der Waals surface area contributed by atoms with Gasteiger partial charge in [0.05, 0.1) is 6.42 Å². The van der Waals surface area contributed by atoms with Gasteiger partial charge in [0.1, 0.15) is 12.1 Å². The normalized spacial score (nSPS) is 10.3. The lowest BCUT2D eigenvalue weighted by atomic mass is 10.1. The molecule has 0 aliphatic heterocycles. The Morgan fingerprint density at radius 2 is 2.18 bits per heavy atom. The predicted octanol–water partition coefficient (Wildman–Crippen LogP) is 1.89. The third kappa shape index (κ3) is 6.97. The van der Waals surface area contributed by atoms with Crippen molar-refractivity contribution in [2.24, 2.45) is 0 Å². The maximum absolute atomic E-state index is 10.8. The minimum atomic E-state index is 0.0458. The van der Waals surface area contributed by atoms with Crippen LogP contribution < -0.4 is 0 Å². The summed E-state index contributed by atoms with van der Waals surface area (Å²) in [5.41, 5.74) is 0. The Labute approximate surface area is 67.3 Å². The average molecular weight is 154 g/mol. The van der Waals surface area contributed by atoms with Gasteiger partial charge in [-0.25, -0.2) is 0 Å². The summed E-state index contributed by atoms with van der Waals surface area (Å²) in [6.45, 7) is 1.95. The van der Waals surface area contributed by atoms with Crippen molar-refractivity contribution in [2.45, 2.75) is 32.6 Å². The van der Waals surface area contributed by atoms with Crippen molar-refractivity contribution in [3.8, 4) is 0 Å². The number of rotatable bonds is 6. The highest BCUT2D eigenvalue weighted by atomic mass is 16.1. The SMILES string of the molecule is CC=CCCCC(=O)CC=O. The molecule has 0 bridgehead atoms. The molecule has 0 spiro atoms. The second-order valence-corrected chi connectivity index (χ2v) is 2.37. The first-order valence-corrected chi connectivity index (χ1v) is 3.87. The van der Waals surface area contributed by atoms with Crippen molar-refractivity contribution >= 4 is 12.1 Å². The van der Waals surface area contributed by atoms with Gasteiger partial charge < -0.3 is 4.79 Å². The monoisotopic (exact) mass is 154 g/mol. The van der Waals surface area contributed by atoms with E-state index in [1.54, 1.807) is 0 Å². The van der Waals surface area contributed by atoms with E-state index in [4.69, 9.17) is 0 Å². The van der Waals surface area contributed by atoms with Crippen LogP contribution in [0, 0.1) is 0 Å². The molecule has 62 valence electrons. The topological polar surface area (TPSA) is 34.1 Å². The molecule has 2 nitrogen and oxygen atoms in total. The van der Waals surface area contributed by atoms with Crippen molar-refractivity contribution in [3.63, 3.8) is 0 Å². The highest BCUT2D eigenvalue weighted by Gasteiger charge is 1.97. The van der Waals surface area contributed by atoms with Crippen LogP contribution in [0.2, 0.25) is 0 Å². The number of unbranched alkanes of at least 4 members (excludes halogenated alkanes) is 1. The van der Waals surface area contributed by atoms with E-state index in [-0.39, 0.29) is 12.2 Å². The zero-order chi connectivity index (χ0) is 8.53. The van der Waals surface area contributed by atoms with Crippen molar-refractivity contribution in [3.05, 3.63) is 12.2 Å². The molecule has 11 heavy (non-hydrogen) atoms. The fraction of sp³-hybridized carbons (Fsp3) is 0.556. The highest BCUT2D eigenvalue weighted by molar-refractivity contribution is 5.89. The summed E-state index contributed by atoms with van der Waals surface area (Å²) in [6.07, 6.45) is 7.05. The van der Waals surface area contributed by atoms with Crippen LogP contribution in [0.4, 0.5) is 0 Å². The second-order valence-electron chi connectivity index (χ2n) is 2.37. The molecular formula is C9H14O2. The molecule has 0 radical (unpaired) electrons. The number of hydrogen-bond donors (Lipinski definition) is 0. The number of Topliss-reactive ketones (excluding diaryl/α,β-unsaturated/α-hetero) is 1. The van der Waals surface area contributed by atoms with Crippen LogP contribution in [-0.4, -0.2) is 12.1 Å². The maximum atomic E-state index is 10.8. The molecule has 0 aromatic rings. The molecule has 0 amide bonds. The zero-order valence-electron chi connectivity index (χ0n) is 6.88.